The van der Waals surface area contributed by atoms with Crippen LogP contribution in [0.3, 0.4) is 0 Å². The molecule has 0 bridgehead atoms. The second kappa shape index (κ2) is 7.92. The molecule has 0 saturated carbocycles. The lowest BCUT2D eigenvalue weighted by Crippen LogP contribution is -2.20. The number of nitrogens with zero attached hydrogens (tertiary/aromatic N) is 1. The van der Waals surface area contributed by atoms with Gasteiger partial charge in [-0.1, -0.05) is 6.07 Å². The van der Waals surface area contributed by atoms with Gasteiger partial charge < -0.3 is 14.8 Å². The molecular formula is C19H15FN2O3. The van der Waals surface area contributed by atoms with Gasteiger partial charge in [0.2, 0.25) is 0 Å². The summed E-state index contributed by atoms with van der Waals surface area (Å²) in [5.74, 6) is 1.06. The Bertz CT molecular complexity index is 839. The number of hydrogen-bond donors (Lipinski definition) is 1. The summed E-state index contributed by atoms with van der Waals surface area (Å²) >= 11 is 0. The Hall–Kier alpha value is -3.41. The molecule has 0 fully saturated rings. The highest BCUT2D eigenvalue weighted by Gasteiger charge is 2.05. The lowest BCUT2D eigenvalue weighted by atomic mass is 10.3. The van der Waals surface area contributed by atoms with Gasteiger partial charge in [-0.05, 0) is 54.6 Å². The van der Waals surface area contributed by atoms with E-state index < -0.39 is 5.82 Å². The van der Waals surface area contributed by atoms with Crippen molar-refractivity contribution >= 4 is 11.6 Å². The van der Waals surface area contributed by atoms with Crippen LogP contribution < -0.4 is 14.8 Å². The summed E-state index contributed by atoms with van der Waals surface area (Å²) in [6, 6.07) is 16.0. The van der Waals surface area contributed by atoms with Crippen molar-refractivity contribution in [3.63, 3.8) is 0 Å². The van der Waals surface area contributed by atoms with Crippen molar-refractivity contribution in [2.45, 2.75) is 0 Å². The van der Waals surface area contributed by atoms with E-state index in [-0.39, 0.29) is 12.5 Å². The molecule has 1 aromatic heterocycles. The number of hydrogen-bond acceptors (Lipinski definition) is 4. The molecule has 0 aliphatic carbocycles. The van der Waals surface area contributed by atoms with Crippen LogP contribution in [0.2, 0.25) is 0 Å². The number of carbonyl (C=O) groups excluding carboxylic acids is 1. The highest BCUT2D eigenvalue weighted by Crippen LogP contribution is 2.23. The lowest BCUT2D eigenvalue weighted by Gasteiger charge is -2.09. The number of carbonyl (C=O) groups is 1. The molecule has 2 aromatic carbocycles. The smallest absolute Gasteiger partial charge is 0.262 e. The zero-order chi connectivity index (χ0) is 17.5. The minimum absolute atomic E-state index is 0.179. The molecule has 0 aliphatic rings. The third-order valence-corrected chi connectivity index (χ3v) is 3.19. The van der Waals surface area contributed by atoms with Crippen LogP contribution in [0, 0.1) is 5.82 Å². The Balaban J connectivity index is 1.50. The van der Waals surface area contributed by atoms with Crippen molar-refractivity contribution < 1.29 is 18.7 Å². The Labute approximate surface area is 144 Å². The molecule has 3 aromatic rings. The van der Waals surface area contributed by atoms with Crippen molar-refractivity contribution in [1.29, 1.82) is 0 Å². The first-order valence-electron chi connectivity index (χ1n) is 7.55. The van der Waals surface area contributed by atoms with Gasteiger partial charge in [0.25, 0.3) is 5.91 Å². The Morgan fingerprint density at radius 3 is 2.36 bits per heavy atom. The number of ether oxygens (including phenoxy) is 2. The molecule has 1 heterocycles. The third kappa shape index (κ3) is 5.04. The van der Waals surface area contributed by atoms with Crippen molar-refractivity contribution in [2.75, 3.05) is 11.9 Å². The van der Waals surface area contributed by atoms with E-state index in [9.17, 15) is 9.18 Å². The number of amides is 1. The largest absolute Gasteiger partial charge is 0.484 e. The molecule has 1 N–H and O–H groups in total. The zero-order valence-corrected chi connectivity index (χ0v) is 13.2. The van der Waals surface area contributed by atoms with E-state index in [4.69, 9.17) is 9.47 Å². The van der Waals surface area contributed by atoms with Crippen molar-refractivity contribution in [1.82, 2.24) is 4.98 Å². The van der Waals surface area contributed by atoms with Gasteiger partial charge in [0.15, 0.2) is 6.61 Å². The Morgan fingerprint density at radius 1 is 0.960 bits per heavy atom. The summed E-state index contributed by atoms with van der Waals surface area (Å²) in [4.78, 5) is 15.7. The van der Waals surface area contributed by atoms with E-state index in [2.05, 4.69) is 10.3 Å². The minimum atomic E-state index is -0.413. The van der Waals surface area contributed by atoms with Crippen molar-refractivity contribution in [3.05, 3.63) is 78.9 Å². The fourth-order valence-corrected chi connectivity index (χ4v) is 2.06. The summed E-state index contributed by atoms with van der Waals surface area (Å²) in [6.45, 7) is -0.179. The van der Waals surface area contributed by atoms with Gasteiger partial charge in [0.1, 0.15) is 23.1 Å². The monoisotopic (exact) mass is 338 g/mol. The van der Waals surface area contributed by atoms with Crippen LogP contribution in [0.1, 0.15) is 0 Å². The number of anilines is 1. The number of aromatic nitrogens is 1. The van der Waals surface area contributed by atoms with Gasteiger partial charge in [-0.2, -0.15) is 0 Å². The minimum Gasteiger partial charge on any atom is -0.484 e. The van der Waals surface area contributed by atoms with Gasteiger partial charge in [0.05, 0.1) is 0 Å². The number of nitrogens with one attached hydrogen (secondary N) is 1. The first kappa shape index (κ1) is 16.4. The summed E-state index contributed by atoms with van der Waals surface area (Å²) in [6.07, 6.45) is 3.29. The van der Waals surface area contributed by atoms with Crippen molar-refractivity contribution in [2.24, 2.45) is 0 Å². The van der Waals surface area contributed by atoms with Crippen LogP contribution in [0.25, 0.3) is 0 Å². The fraction of sp³-hybridized carbons (Fsp3) is 0.0526. The molecule has 1 amide bonds. The molecule has 0 spiro atoms. The van der Waals surface area contributed by atoms with E-state index >= 15 is 0 Å². The summed E-state index contributed by atoms with van der Waals surface area (Å²) < 4.78 is 24.1. The first-order chi connectivity index (χ1) is 12.2. The van der Waals surface area contributed by atoms with Gasteiger partial charge in [0, 0.05) is 18.1 Å². The summed E-state index contributed by atoms with van der Waals surface area (Å²) in [5.41, 5.74) is 0.384. The molecule has 0 atom stereocenters. The highest BCUT2D eigenvalue weighted by molar-refractivity contribution is 5.91. The van der Waals surface area contributed by atoms with E-state index in [1.165, 1.54) is 18.2 Å². The third-order valence-electron chi connectivity index (χ3n) is 3.19. The average Bonchev–Trinajstić information content (AvgIpc) is 2.62. The quantitative estimate of drug-likeness (QED) is 0.737. The van der Waals surface area contributed by atoms with Crippen LogP contribution in [-0.4, -0.2) is 17.5 Å². The SMILES string of the molecule is O=C(COc1ccc(Oc2ccncc2)cc1)Nc1cccc(F)c1. The standard InChI is InChI=1S/C19H15FN2O3/c20-14-2-1-3-15(12-14)22-19(23)13-24-16-4-6-17(7-5-16)25-18-8-10-21-11-9-18/h1-12H,13H2,(H,22,23). The first-order valence-corrected chi connectivity index (χ1v) is 7.55. The topological polar surface area (TPSA) is 60.5 Å². The zero-order valence-electron chi connectivity index (χ0n) is 13.2. The van der Waals surface area contributed by atoms with Gasteiger partial charge >= 0.3 is 0 Å². The number of pyridine rings is 1. The molecule has 3 rings (SSSR count). The average molecular weight is 338 g/mol. The number of halogens is 1. The van der Waals surface area contributed by atoms with Crippen molar-refractivity contribution in [3.8, 4) is 17.2 Å². The fourth-order valence-electron chi connectivity index (χ4n) is 2.06. The van der Waals surface area contributed by atoms with Crippen LogP contribution in [0.15, 0.2) is 73.1 Å². The Morgan fingerprint density at radius 2 is 1.64 bits per heavy atom. The molecule has 0 unspecified atom stereocenters. The maximum Gasteiger partial charge on any atom is 0.262 e. The lowest BCUT2D eigenvalue weighted by molar-refractivity contribution is -0.118. The predicted molar refractivity (Wildman–Crippen MR) is 91.3 cm³/mol. The summed E-state index contributed by atoms with van der Waals surface area (Å²) in [5, 5.41) is 2.56. The molecule has 126 valence electrons. The van der Waals surface area contributed by atoms with Crippen LogP contribution in [0.4, 0.5) is 10.1 Å². The molecule has 0 saturated heterocycles. The van der Waals surface area contributed by atoms with Crippen LogP contribution in [-0.2, 0) is 4.79 Å². The second-order valence-electron chi connectivity index (χ2n) is 5.10. The molecular weight excluding hydrogens is 323 g/mol. The number of rotatable bonds is 6. The number of benzene rings is 2. The van der Waals surface area contributed by atoms with E-state index in [0.29, 0.717) is 22.9 Å². The molecule has 0 aliphatic heterocycles. The van der Waals surface area contributed by atoms with Gasteiger partial charge in [-0.25, -0.2) is 4.39 Å². The van der Waals surface area contributed by atoms with E-state index in [1.807, 2.05) is 0 Å². The second-order valence-corrected chi connectivity index (χ2v) is 5.10. The van der Waals surface area contributed by atoms with Gasteiger partial charge in [-0.15, -0.1) is 0 Å². The maximum absolute atomic E-state index is 13.1. The van der Waals surface area contributed by atoms with Crippen LogP contribution in [0.5, 0.6) is 17.2 Å². The van der Waals surface area contributed by atoms with E-state index in [1.54, 1.807) is 54.9 Å². The molecule has 5 nitrogen and oxygen atoms in total. The predicted octanol–water partition coefficient (Wildman–Crippen LogP) is 4.03. The highest BCUT2D eigenvalue weighted by atomic mass is 19.1. The normalized spacial score (nSPS) is 10.1. The molecule has 25 heavy (non-hydrogen) atoms. The summed E-state index contributed by atoms with van der Waals surface area (Å²) in [7, 11) is 0. The van der Waals surface area contributed by atoms with Crippen LogP contribution >= 0.6 is 0 Å². The van der Waals surface area contributed by atoms with E-state index in [0.717, 1.165) is 0 Å². The molecule has 6 heteroatoms. The Kier molecular flexibility index (Phi) is 5.21. The molecule has 0 radical (unpaired) electrons. The van der Waals surface area contributed by atoms with Gasteiger partial charge in [-0.3, -0.25) is 9.78 Å². The maximum atomic E-state index is 13.1.